The second-order valence-electron chi connectivity index (χ2n) is 9.21. The van der Waals surface area contributed by atoms with Gasteiger partial charge in [0.15, 0.2) is 0 Å². The maximum atomic E-state index is 12.3. The van der Waals surface area contributed by atoms with Gasteiger partial charge in [-0.3, -0.25) is 4.79 Å². The second-order valence-corrected chi connectivity index (χ2v) is 9.21. The highest BCUT2D eigenvalue weighted by Crippen LogP contribution is 2.33. The molecule has 0 amide bonds. The van der Waals surface area contributed by atoms with Crippen LogP contribution in [0.5, 0.6) is 0 Å². The molecule has 0 bridgehead atoms. The summed E-state index contributed by atoms with van der Waals surface area (Å²) in [5.41, 5.74) is -0.267. The smallest absolute Gasteiger partial charge is 0.311 e. The van der Waals surface area contributed by atoms with Gasteiger partial charge in [0.1, 0.15) is 0 Å². The van der Waals surface area contributed by atoms with Gasteiger partial charge in [-0.25, -0.2) is 0 Å². The van der Waals surface area contributed by atoms with Gasteiger partial charge in [-0.2, -0.15) is 0 Å². The maximum Gasteiger partial charge on any atom is 0.311 e. The van der Waals surface area contributed by atoms with Crippen molar-refractivity contribution in [3.63, 3.8) is 0 Å². The summed E-state index contributed by atoms with van der Waals surface area (Å²) >= 11 is 0. The molecule has 0 saturated heterocycles. The summed E-state index contributed by atoms with van der Waals surface area (Å²) in [7, 11) is 1.55. The number of hydrogen-bond donors (Lipinski definition) is 0. The number of methoxy groups -OCH3 is 1. The topological polar surface area (TPSA) is 26.3 Å². The Morgan fingerprint density at radius 2 is 0.857 bits per heavy atom. The number of hydrogen-bond acceptors (Lipinski definition) is 2. The van der Waals surface area contributed by atoms with Crippen molar-refractivity contribution >= 4 is 5.97 Å². The molecule has 0 aliphatic rings. The van der Waals surface area contributed by atoms with E-state index in [1.165, 1.54) is 109 Å². The van der Waals surface area contributed by atoms with E-state index in [4.69, 9.17) is 4.74 Å². The fraction of sp³-hybridized carbons (Fsp3) is 0.962. The first-order valence-electron chi connectivity index (χ1n) is 12.7. The first-order chi connectivity index (χ1) is 13.6. The van der Waals surface area contributed by atoms with E-state index in [1.807, 2.05) is 0 Å². The van der Waals surface area contributed by atoms with Crippen molar-refractivity contribution in [1.29, 1.82) is 0 Å². The van der Waals surface area contributed by atoms with Crippen LogP contribution in [-0.2, 0) is 9.53 Å². The number of carbonyl (C=O) groups is 1. The molecule has 0 radical (unpaired) electrons. The Morgan fingerprint density at radius 3 is 1.14 bits per heavy atom. The number of carbonyl (C=O) groups excluding carboxylic acids is 1. The lowest BCUT2D eigenvalue weighted by Gasteiger charge is -2.26. The molecule has 28 heavy (non-hydrogen) atoms. The third-order valence-corrected chi connectivity index (χ3v) is 6.34. The monoisotopic (exact) mass is 396 g/mol. The molecule has 2 heteroatoms. The van der Waals surface area contributed by atoms with Crippen molar-refractivity contribution in [3.05, 3.63) is 0 Å². The minimum atomic E-state index is -0.267. The van der Waals surface area contributed by atoms with Gasteiger partial charge < -0.3 is 4.74 Å². The Labute approximate surface area is 177 Å². The molecule has 168 valence electrons. The van der Waals surface area contributed by atoms with Gasteiger partial charge in [-0.05, 0) is 19.8 Å². The third kappa shape index (κ3) is 15.4. The molecule has 0 aromatic heterocycles. The molecule has 2 nitrogen and oxygen atoms in total. The molecule has 0 spiro atoms. The first kappa shape index (κ1) is 27.5. The molecule has 1 atom stereocenters. The lowest BCUT2D eigenvalue weighted by atomic mass is 9.79. The van der Waals surface area contributed by atoms with Crippen LogP contribution in [0.15, 0.2) is 0 Å². The summed E-state index contributed by atoms with van der Waals surface area (Å²) in [5, 5.41) is 0. The predicted molar refractivity (Wildman–Crippen MR) is 124 cm³/mol. The van der Waals surface area contributed by atoms with Crippen LogP contribution in [0.4, 0.5) is 0 Å². The molecule has 0 aromatic carbocycles. The van der Waals surface area contributed by atoms with E-state index < -0.39 is 0 Å². The zero-order valence-electron chi connectivity index (χ0n) is 20.0. The fourth-order valence-corrected chi connectivity index (χ4v) is 4.23. The van der Waals surface area contributed by atoms with Crippen LogP contribution >= 0.6 is 0 Å². The van der Waals surface area contributed by atoms with E-state index >= 15 is 0 Å². The predicted octanol–water partition coefficient (Wildman–Crippen LogP) is 9.01. The van der Waals surface area contributed by atoms with E-state index in [9.17, 15) is 4.79 Å². The molecule has 0 rings (SSSR count). The van der Waals surface area contributed by atoms with Crippen molar-refractivity contribution in [2.45, 2.75) is 149 Å². The highest BCUT2D eigenvalue weighted by Gasteiger charge is 2.32. The summed E-state index contributed by atoms with van der Waals surface area (Å²) in [6.45, 7) is 6.67. The van der Waals surface area contributed by atoms with E-state index in [1.54, 1.807) is 7.11 Å². The lowest BCUT2D eigenvalue weighted by molar-refractivity contribution is -0.152. The zero-order valence-corrected chi connectivity index (χ0v) is 20.0. The molecular weight excluding hydrogens is 344 g/mol. The minimum absolute atomic E-state index is 0.00590. The van der Waals surface area contributed by atoms with Crippen molar-refractivity contribution < 1.29 is 9.53 Å². The number of ether oxygens (including phenoxy) is 1. The van der Waals surface area contributed by atoms with Crippen molar-refractivity contribution in [2.75, 3.05) is 7.11 Å². The molecule has 0 fully saturated rings. The standard InChI is InChI=1S/C26H52O2/c1-5-7-9-11-13-15-16-18-20-22-24-26(3,25(27)28-4)23-21-19-17-14-12-10-8-6-2/h5-24H2,1-4H3. The third-order valence-electron chi connectivity index (χ3n) is 6.34. The molecule has 0 saturated carbocycles. The Bertz CT molecular complexity index is 339. The average Bonchev–Trinajstić information content (AvgIpc) is 2.70. The van der Waals surface area contributed by atoms with Gasteiger partial charge in [-0.15, -0.1) is 0 Å². The zero-order chi connectivity index (χ0) is 20.9. The number of unbranched alkanes of at least 4 members (excludes halogenated alkanes) is 16. The van der Waals surface area contributed by atoms with Gasteiger partial charge in [0, 0.05) is 0 Å². The Balaban J connectivity index is 3.83. The molecule has 0 N–H and O–H groups in total. The molecule has 0 aliphatic carbocycles. The summed E-state index contributed by atoms with van der Waals surface area (Å²) in [4.78, 5) is 12.3. The minimum Gasteiger partial charge on any atom is -0.469 e. The van der Waals surface area contributed by atoms with Gasteiger partial charge in [0.2, 0.25) is 0 Å². The van der Waals surface area contributed by atoms with Crippen LogP contribution in [0.25, 0.3) is 0 Å². The quantitative estimate of drug-likeness (QED) is 0.143. The summed E-state index contributed by atoms with van der Waals surface area (Å²) in [6, 6.07) is 0. The normalized spacial score (nSPS) is 13.4. The average molecular weight is 397 g/mol. The summed E-state index contributed by atoms with van der Waals surface area (Å²) in [5.74, 6) is 0.00590. The summed E-state index contributed by atoms with van der Waals surface area (Å²) in [6.07, 6.45) is 26.0. The van der Waals surface area contributed by atoms with E-state index in [2.05, 4.69) is 20.8 Å². The van der Waals surface area contributed by atoms with Crippen molar-refractivity contribution in [2.24, 2.45) is 5.41 Å². The van der Waals surface area contributed by atoms with Gasteiger partial charge in [0.05, 0.1) is 12.5 Å². The number of rotatable bonds is 21. The van der Waals surface area contributed by atoms with Crippen LogP contribution in [0.3, 0.4) is 0 Å². The van der Waals surface area contributed by atoms with Gasteiger partial charge in [0.25, 0.3) is 0 Å². The Morgan fingerprint density at radius 1 is 0.571 bits per heavy atom. The maximum absolute atomic E-state index is 12.3. The Kier molecular flexibility index (Phi) is 19.4. The lowest BCUT2D eigenvalue weighted by Crippen LogP contribution is -2.29. The molecule has 0 heterocycles. The van der Waals surface area contributed by atoms with Gasteiger partial charge in [-0.1, -0.05) is 129 Å². The fourth-order valence-electron chi connectivity index (χ4n) is 4.23. The highest BCUT2D eigenvalue weighted by atomic mass is 16.5. The second kappa shape index (κ2) is 19.8. The molecule has 1 unspecified atom stereocenters. The van der Waals surface area contributed by atoms with Gasteiger partial charge >= 0.3 is 5.97 Å². The number of esters is 1. The Hall–Kier alpha value is -0.530. The molecule has 0 aromatic rings. The SMILES string of the molecule is CCCCCCCCCCCCC(C)(CCCCCCCCCC)C(=O)OC. The molecule has 0 aliphatic heterocycles. The van der Waals surface area contributed by atoms with Crippen LogP contribution in [0.1, 0.15) is 149 Å². The van der Waals surface area contributed by atoms with Crippen molar-refractivity contribution in [3.8, 4) is 0 Å². The van der Waals surface area contributed by atoms with Crippen LogP contribution in [0.2, 0.25) is 0 Å². The van der Waals surface area contributed by atoms with Crippen molar-refractivity contribution in [1.82, 2.24) is 0 Å². The molecular formula is C26H52O2. The van der Waals surface area contributed by atoms with Crippen LogP contribution < -0.4 is 0 Å². The van der Waals surface area contributed by atoms with E-state index in [0.717, 1.165) is 19.3 Å². The first-order valence-corrected chi connectivity index (χ1v) is 12.7. The van der Waals surface area contributed by atoms with E-state index in [0.29, 0.717) is 0 Å². The van der Waals surface area contributed by atoms with E-state index in [-0.39, 0.29) is 11.4 Å². The summed E-state index contributed by atoms with van der Waals surface area (Å²) < 4.78 is 5.14. The highest BCUT2D eigenvalue weighted by molar-refractivity contribution is 5.76. The van der Waals surface area contributed by atoms with Crippen LogP contribution in [0, 0.1) is 5.41 Å². The van der Waals surface area contributed by atoms with Crippen LogP contribution in [-0.4, -0.2) is 13.1 Å². The largest absolute Gasteiger partial charge is 0.469 e.